The summed E-state index contributed by atoms with van der Waals surface area (Å²) in [4.78, 5) is 0. The van der Waals surface area contributed by atoms with Crippen molar-refractivity contribution in [3.8, 4) is 11.8 Å². The molecule has 1 aliphatic carbocycles. The molecule has 1 saturated carbocycles. The predicted molar refractivity (Wildman–Crippen MR) is 102 cm³/mol. The Labute approximate surface area is 157 Å². The summed E-state index contributed by atoms with van der Waals surface area (Å²) in [6, 6.07) is 10.4. The van der Waals surface area contributed by atoms with Gasteiger partial charge in [-0.05, 0) is 50.8 Å². The normalized spacial score (nSPS) is 21.8. The number of nitriles is 1. The van der Waals surface area contributed by atoms with Crippen LogP contribution in [0.4, 0.5) is 0 Å². The summed E-state index contributed by atoms with van der Waals surface area (Å²) in [6.07, 6.45) is 4.27. The lowest BCUT2D eigenvalue weighted by Gasteiger charge is -2.30. The lowest BCUT2D eigenvalue weighted by molar-refractivity contribution is -0.0390. The fraction of sp³-hybridized carbons (Fsp3) is 0.667. The molecule has 2 rings (SSSR count). The predicted octanol–water partition coefficient (Wildman–Crippen LogP) is 3.07. The number of β-amino-alcohol motifs (C(OH)–C–C–N with tert-alkyl or cyclic N) is 1. The zero-order chi connectivity index (χ0) is 19.0. The average molecular weight is 360 g/mol. The van der Waals surface area contributed by atoms with Gasteiger partial charge in [-0.15, -0.1) is 0 Å². The van der Waals surface area contributed by atoms with E-state index in [9.17, 15) is 10.4 Å². The summed E-state index contributed by atoms with van der Waals surface area (Å²) in [5.41, 5.74) is 1.07. The van der Waals surface area contributed by atoms with Crippen molar-refractivity contribution in [2.24, 2.45) is 5.92 Å². The molecule has 26 heavy (non-hydrogen) atoms. The van der Waals surface area contributed by atoms with E-state index in [-0.39, 0.29) is 24.2 Å². The fourth-order valence-corrected chi connectivity index (χ4v) is 3.45. The van der Waals surface area contributed by atoms with Crippen LogP contribution in [0.15, 0.2) is 24.3 Å². The van der Waals surface area contributed by atoms with Crippen LogP contribution in [0.5, 0.6) is 5.75 Å². The number of aliphatic hydroxyl groups is 1. The number of ether oxygens (including phenoxy) is 2. The van der Waals surface area contributed by atoms with Crippen LogP contribution < -0.4 is 10.1 Å². The highest BCUT2D eigenvalue weighted by atomic mass is 16.5. The van der Waals surface area contributed by atoms with Crippen LogP contribution in [0, 0.1) is 17.2 Å². The van der Waals surface area contributed by atoms with Crippen LogP contribution in [0.25, 0.3) is 0 Å². The molecule has 0 amide bonds. The molecule has 5 nitrogen and oxygen atoms in total. The Bertz CT molecular complexity index is 580. The maximum Gasteiger partial charge on any atom is 0.118 e. The van der Waals surface area contributed by atoms with E-state index in [1.165, 1.54) is 5.56 Å². The molecule has 1 aromatic carbocycles. The molecule has 2 N–H and O–H groups in total. The Morgan fingerprint density at radius 3 is 2.62 bits per heavy atom. The minimum absolute atomic E-state index is 0.0318. The molecular weight excluding hydrogens is 328 g/mol. The van der Waals surface area contributed by atoms with Gasteiger partial charge >= 0.3 is 0 Å². The molecule has 0 heterocycles. The van der Waals surface area contributed by atoms with Crippen molar-refractivity contribution in [3.05, 3.63) is 29.8 Å². The van der Waals surface area contributed by atoms with Crippen molar-refractivity contribution in [1.82, 2.24) is 5.32 Å². The van der Waals surface area contributed by atoms with E-state index in [4.69, 9.17) is 9.47 Å². The first-order valence-corrected chi connectivity index (χ1v) is 9.51. The van der Waals surface area contributed by atoms with E-state index in [0.29, 0.717) is 6.54 Å². The maximum atomic E-state index is 10.2. The SMILES string of the molecule is COc1ccc(CC(C)(C)NCC(O)COC2CCCCC2C#N)cc1. The molecule has 0 saturated heterocycles. The summed E-state index contributed by atoms with van der Waals surface area (Å²) >= 11 is 0. The molecule has 1 fully saturated rings. The molecule has 1 aromatic rings. The highest BCUT2D eigenvalue weighted by Gasteiger charge is 2.26. The molecule has 0 aromatic heterocycles. The summed E-state index contributed by atoms with van der Waals surface area (Å²) in [7, 11) is 1.66. The van der Waals surface area contributed by atoms with Gasteiger partial charge in [0, 0.05) is 12.1 Å². The van der Waals surface area contributed by atoms with Gasteiger partial charge in [0.25, 0.3) is 0 Å². The Morgan fingerprint density at radius 2 is 1.96 bits per heavy atom. The van der Waals surface area contributed by atoms with Crippen LogP contribution in [0.3, 0.4) is 0 Å². The number of hydrogen-bond acceptors (Lipinski definition) is 5. The summed E-state index contributed by atoms with van der Waals surface area (Å²) in [5, 5.41) is 22.9. The van der Waals surface area contributed by atoms with Crippen molar-refractivity contribution in [1.29, 1.82) is 5.26 Å². The van der Waals surface area contributed by atoms with Gasteiger partial charge in [-0.1, -0.05) is 25.0 Å². The van der Waals surface area contributed by atoms with Crippen molar-refractivity contribution in [2.45, 2.75) is 63.7 Å². The maximum absolute atomic E-state index is 10.2. The average Bonchev–Trinajstić information content (AvgIpc) is 2.65. The van der Waals surface area contributed by atoms with Crippen LogP contribution in [-0.4, -0.2) is 43.1 Å². The smallest absolute Gasteiger partial charge is 0.118 e. The number of nitrogens with one attached hydrogen (secondary N) is 1. The van der Waals surface area contributed by atoms with E-state index in [1.54, 1.807) is 7.11 Å². The van der Waals surface area contributed by atoms with Gasteiger partial charge < -0.3 is 19.9 Å². The zero-order valence-corrected chi connectivity index (χ0v) is 16.2. The molecule has 144 valence electrons. The highest BCUT2D eigenvalue weighted by Crippen LogP contribution is 2.26. The Morgan fingerprint density at radius 1 is 1.27 bits per heavy atom. The number of aliphatic hydroxyl groups excluding tert-OH is 1. The second-order valence-electron chi connectivity index (χ2n) is 7.84. The van der Waals surface area contributed by atoms with E-state index < -0.39 is 6.10 Å². The van der Waals surface area contributed by atoms with Crippen LogP contribution in [0.1, 0.15) is 45.1 Å². The highest BCUT2D eigenvalue weighted by molar-refractivity contribution is 5.28. The van der Waals surface area contributed by atoms with Crippen LogP contribution in [-0.2, 0) is 11.2 Å². The van der Waals surface area contributed by atoms with Gasteiger partial charge in [0.15, 0.2) is 0 Å². The van der Waals surface area contributed by atoms with Gasteiger partial charge in [0.1, 0.15) is 5.75 Å². The van der Waals surface area contributed by atoms with Crippen molar-refractivity contribution in [2.75, 3.05) is 20.3 Å². The molecule has 1 aliphatic rings. The van der Waals surface area contributed by atoms with Gasteiger partial charge in [0.05, 0.1) is 37.9 Å². The van der Waals surface area contributed by atoms with E-state index in [0.717, 1.165) is 37.9 Å². The minimum atomic E-state index is -0.577. The lowest BCUT2D eigenvalue weighted by Crippen LogP contribution is -2.46. The molecular formula is C21H32N2O3. The first-order valence-electron chi connectivity index (χ1n) is 9.51. The minimum Gasteiger partial charge on any atom is -0.497 e. The number of benzene rings is 1. The second kappa shape index (κ2) is 9.91. The summed E-state index contributed by atoms with van der Waals surface area (Å²) in [6.45, 7) is 4.98. The third-order valence-corrected chi connectivity index (χ3v) is 4.99. The first-order chi connectivity index (χ1) is 12.4. The fourth-order valence-electron chi connectivity index (χ4n) is 3.45. The standard InChI is InChI=1S/C21H32N2O3/c1-21(2,12-16-8-10-19(25-3)11-9-16)23-14-18(24)15-26-20-7-5-4-6-17(20)13-22/h8-11,17-18,20,23-24H,4-7,12,14-15H2,1-3H3. The molecule has 3 unspecified atom stereocenters. The summed E-state index contributed by atoms with van der Waals surface area (Å²) < 4.78 is 11.0. The summed E-state index contributed by atoms with van der Waals surface area (Å²) in [5.74, 6) is 0.820. The Balaban J connectivity index is 1.74. The van der Waals surface area contributed by atoms with Gasteiger partial charge in [-0.25, -0.2) is 0 Å². The van der Waals surface area contributed by atoms with E-state index in [1.807, 2.05) is 12.1 Å². The third-order valence-electron chi connectivity index (χ3n) is 4.99. The monoisotopic (exact) mass is 360 g/mol. The van der Waals surface area contributed by atoms with Crippen LogP contribution >= 0.6 is 0 Å². The van der Waals surface area contributed by atoms with Crippen molar-refractivity contribution < 1.29 is 14.6 Å². The second-order valence-corrected chi connectivity index (χ2v) is 7.84. The quantitative estimate of drug-likeness (QED) is 0.708. The number of hydrogen-bond donors (Lipinski definition) is 2. The molecule has 0 radical (unpaired) electrons. The van der Waals surface area contributed by atoms with E-state index >= 15 is 0 Å². The van der Waals surface area contributed by atoms with Gasteiger partial charge in [-0.2, -0.15) is 5.26 Å². The molecule has 0 spiro atoms. The van der Waals surface area contributed by atoms with Crippen LogP contribution in [0.2, 0.25) is 0 Å². The van der Waals surface area contributed by atoms with Crippen molar-refractivity contribution >= 4 is 0 Å². The Kier molecular flexibility index (Phi) is 7.89. The van der Waals surface area contributed by atoms with E-state index in [2.05, 4.69) is 37.4 Å². The largest absolute Gasteiger partial charge is 0.497 e. The Hall–Kier alpha value is -1.61. The van der Waals surface area contributed by atoms with Gasteiger partial charge in [-0.3, -0.25) is 0 Å². The number of nitrogens with zero attached hydrogens (tertiary/aromatic N) is 1. The first kappa shape index (κ1) is 20.7. The zero-order valence-electron chi connectivity index (χ0n) is 16.2. The molecule has 0 aliphatic heterocycles. The topological polar surface area (TPSA) is 74.5 Å². The number of rotatable bonds is 9. The van der Waals surface area contributed by atoms with Crippen molar-refractivity contribution in [3.63, 3.8) is 0 Å². The molecule has 3 atom stereocenters. The molecule has 0 bridgehead atoms. The third kappa shape index (κ3) is 6.60. The number of methoxy groups -OCH3 is 1. The van der Waals surface area contributed by atoms with Gasteiger partial charge in [0.2, 0.25) is 0 Å². The molecule has 5 heteroatoms. The lowest BCUT2D eigenvalue weighted by atomic mass is 9.87.